The summed E-state index contributed by atoms with van der Waals surface area (Å²) in [5.41, 5.74) is 2.17. The Balaban J connectivity index is 2.05. The van der Waals surface area contributed by atoms with Gasteiger partial charge in [0.25, 0.3) is 0 Å². The highest BCUT2D eigenvalue weighted by atomic mass is 35.5. The number of ether oxygens (including phenoxy) is 1. The van der Waals surface area contributed by atoms with Crippen LogP contribution in [0.3, 0.4) is 0 Å². The normalized spacial score (nSPS) is 19.7. The van der Waals surface area contributed by atoms with E-state index in [1.165, 1.54) is 5.56 Å². The van der Waals surface area contributed by atoms with Crippen LogP contribution in [0.1, 0.15) is 17.5 Å². The van der Waals surface area contributed by atoms with Gasteiger partial charge in [0.1, 0.15) is 5.75 Å². The molecule has 0 saturated heterocycles. The number of methoxy groups -OCH3 is 1. The van der Waals surface area contributed by atoms with Crippen molar-refractivity contribution in [2.24, 2.45) is 0 Å². The predicted molar refractivity (Wildman–Crippen MR) is 83.7 cm³/mol. The zero-order valence-electron chi connectivity index (χ0n) is 11.7. The molecule has 1 N–H and O–H groups in total. The Bertz CT molecular complexity index is 723. The average molecular weight is 299 g/mol. The zero-order valence-corrected chi connectivity index (χ0v) is 12.4. The van der Waals surface area contributed by atoms with Gasteiger partial charge < -0.3 is 10.1 Å². The Labute approximate surface area is 129 Å². The molecule has 2 aromatic rings. The van der Waals surface area contributed by atoms with Crippen molar-refractivity contribution in [1.29, 1.82) is 5.26 Å². The Morgan fingerprint density at radius 3 is 2.81 bits per heavy atom. The number of anilines is 1. The van der Waals surface area contributed by atoms with Crippen LogP contribution < -0.4 is 10.1 Å². The lowest BCUT2D eigenvalue weighted by Crippen LogP contribution is -2.31. The monoisotopic (exact) mass is 298 g/mol. The molecule has 0 aliphatic heterocycles. The lowest BCUT2D eigenvalue weighted by Gasteiger charge is -2.26. The minimum absolute atomic E-state index is 0.614. The molecular formula is C17H15ClN2O. The number of nitrogens with one attached hydrogen (secondary N) is 1. The van der Waals surface area contributed by atoms with Gasteiger partial charge in [0.05, 0.1) is 23.9 Å². The third kappa shape index (κ3) is 2.32. The highest BCUT2D eigenvalue weighted by Crippen LogP contribution is 2.41. The third-order valence-electron chi connectivity index (χ3n) is 3.96. The molecule has 0 heterocycles. The minimum atomic E-state index is -0.755. The first-order chi connectivity index (χ1) is 10.2. The average Bonchev–Trinajstić information content (AvgIpc) is 2.88. The zero-order chi connectivity index (χ0) is 14.9. The van der Waals surface area contributed by atoms with Gasteiger partial charge in [0.2, 0.25) is 0 Å². The van der Waals surface area contributed by atoms with Gasteiger partial charge >= 0.3 is 0 Å². The summed E-state index contributed by atoms with van der Waals surface area (Å²) in [6.07, 6.45) is 1.58. The summed E-state index contributed by atoms with van der Waals surface area (Å²) in [6, 6.07) is 15.8. The van der Waals surface area contributed by atoms with Crippen molar-refractivity contribution in [3.8, 4) is 11.8 Å². The van der Waals surface area contributed by atoms with Crippen molar-refractivity contribution in [3.63, 3.8) is 0 Å². The van der Waals surface area contributed by atoms with Crippen LogP contribution in [0.4, 0.5) is 5.69 Å². The van der Waals surface area contributed by atoms with Crippen LogP contribution in [0.25, 0.3) is 0 Å². The Morgan fingerprint density at radius 2 is 2.10 bits per heavy atom. The SMILES string of the molecule is COc1ccc2c(c1)C(C#N)(Nc1ccccc1Cl)CC2. The maximum atomic E-state index is 9.78. The summed E-state index contributed by atoms with van der Waals surface area (Å²) < 4.78 is 5.29. The molecule has 0 fully saturated rings. The first kappa shape index (κ1) is 13.8. The molecule has 1 aliphatic rings. The number of para-hydroxylation sites is 1. The Hall–Kier alpha value is -2.18. The van der Waals surface area contributed by atoms with Gasteiger partial charge in [-0.3, -0.25) is 0 Å². The van der Waals surface area contributed by atoms with Crippen LogP contribution >= 0.6 is 11.6 Å². The van der Waals surface area contributed by atoms with Crippen molar-refractivity contribution >= 4 is 17.3 Å². The molecule has 4 heteroatoms. The van der Waals surface area contributed by atoms with E-state index in [-0.39, 0.29) is 0 Å². The molecule has 0 amide bonds. The van der Waals surface area contributed by atoms with Crippen molar-refractivity contribution in [2.75, 3.05) is 12.4 Å². The van der Waals surface area contributed by atoms with Crippen LogP contribution in [-0.4, -0.2) is 7.11 Å². The second-order valence-electron chi connectivity index (χ2n) is 5.15. The van der Waals surface area contributed by atoms with Crippen LogP contribution in [0.15, 0.2) is 42.5 Å². The van der Waals surface area contributed by atoms with Crippen LogP contribution in [0.2, 0.25) is 5.02 Å². The molecule has 0 bridgehead atoms. The second kappa shape index (κ2) is 5.31. The van der Waals surface area contributed by atoms with Gasteiger partial charge in [0, 0.05) is 0 Å². The highest BCUT2D eigenvalue weighted by Gasteiger charge is 2.39. The number of nitriles is 1. The quantitative estimate of drug-likeness (QED) is 0.927. The minimum Gasteiger partial charge on any atom is -0.497 e. The van der Waals surface area contributed by atoms with E-state index in [2.05, 4.69) is 11.4 Å². The van der Waals surface area contributed by atoms with Gasteiger partial charge in [0.15, 0.2) is 5.54 Å². The molecule has 0 spiro atoms. The first-order valence-corrected chi connectivity index (χ1v) is 7.18. The highest BCUT2D eigenvalue weighted by molar-refractivity contribution is 6.33. The number of nitrogens with zero attached hydrogens (tertiary/aromatic N) is 1. The molecule has 3 nitrogen and oxygen atoms in total. The maximum Gasteiger partial charge on any atom is 0.151 e. The third-order valence-corrected chi connectivity index (χ3v) is 4.29. The van der Waals surface area contributed by atoms with E-state index in [1.807, 2.05) is 42.5 Å². The molecule has 1 aliphatic carbocycles. The summed E-state index contributed by atoms with van der Waals surface area (Å²) in [5, 5.41) is 13.7. The topological polar surface area (TPSA) is 45.0 Å². The van der Waals surface area contributed by atoms with Gasteiger partial charge in [-0.2, -0.15) is 5.26 Å². The first-order valence-electron chi connectivity index (χ1n) is 6.80. The molecule has 3 rings (SSSR count). The van der Waals surface area contributed by atoms with Crippen LogP contribution in [0.5, 0.6) is 5.75 Å². The summed E-state index contributed by atoms with van der Waals surface area (Å²) >= 11 is 6.21. The molecule has 21 heavy (non-hydrogen) atoms. The van der Waals surface area contributed by atoms with Crippen LogP contribution in [0, 0.1) is 11.3 Å². The van der Waals surface area contributed by atoms with E-state index < -0.39 is 5.54 Å². The fourth-order valence-corrected chi connectivity index (χ4v) is 3.00. The predicted octanol–water partition coefficient (Wildman–Crippen LogP) is 4.13. The lowest BCUT2D eigenvalue weighted by atomic mass is 9.92. The smallest absolute Gasteiger partial charge is 0.151 e. The van der Waals surface area contributed by atoms with E-state index >= 15 is 0 Å². The number of hydrogen-bond acceptors (Lipinski definition) is 3. The molecule has 0 saturated carbocycles. The maximum absolute atomic E-state index is 9.78. The summed E-state index contributed by atoms with van der Waals surface area (Å²) in [7, 11) is 1.63. The van der Waals surface area contributed by atoms with Crippen molar-refractivity contribution in [3.05, 3.63) is 58.6 Å². The number of aryl methyl sites for hydroxylation is 1. The van der Waals surface area contributed by atoms with E-state index in [0.29, 0.717) is 5.02 Å². The fraction of sp³-hybridized carbons (Fsp3) is 0.235. The molecule has 0 radical (unpaired) electrons. The van der Waals surface area contributed by atoms with Gasteiger partial charge in [-0.25, -0.2) is 0 Å². The lowest BCUT2D eigenvalue weighted by molar-refractivity contribution is 0.413. The summed E-state index contributed by atoms with van der Waals surface area (Å²) in [6.45, 7) is 0. The molecule has 2 aromatic carbocycles. The molecule has 106 valence electrons. The van der Waals surface area contributed by atoms with E-state index in [4.69, 9.17) is 16.3 Å². The Kier molecular flexibility index (Phi) is 3.48. The summed E-state index contributed by atoms with van der Waals surface area (Å²) in [4.78, 5) is 0. The Morgan fingerprint density at radius 1 is 1.29 bits per heavy atom. The van der Waals surface area contributed by atoms with Crippen molar-refractivity contribution < 1.29 is 4.74 Å². The summed E-state index contributed by atoms with van der Waals surface area (Å²) in [5.74, 6) is 0.760. The van der Waals surface area contributed by atoms with E-state index in [1.54, 1.807) is 7.11 Å². The number of halogens is 1. The molecule has 1 unspecified atom stereocenters. The number of fused-ring (bicyclic) bond motifs is 1. The van der Waals surface area contributed by atoms with Gasteiger partial charge in [-0.05, 0) is 48.2 Å². The molecule has 0 aromatic heterocycles. The fourth-order valence-electron chi connectivity index (χ4n) is 2.82. The standard InChI is InChI=1S/C17H15ClN2O/c1-21-13-7-6-12-8-9-17(11-19,14(12)10-13)20-16-5-3-2-4-15(16)18/h2-7,10,20H,8-9H2,1H3. The molecular weight excluding hydrogens is 284 g/mol. The van der Waals surface area contributed by atoms with Crippen molar-refractivity contribution in [2.45, 2.75) is 18.4 Å². The van der Waals surface area contributed by atoms with Gasteiger partial charge in [-0.1, -0.05) is 29.8 Å². The second-order valence-corrected chi connectivity index (χ2v) is 5.55. The largest absolute Gasteiger partial charge is 0.497 e. The van der Waals surface area contributed by atoms with Gasteiger partial charge in [-0.15, -0.1) is 0 Å². The van der Waals surface area contributed by atoms with Crippen molar-refractivity contribution in [1.82, 2.24) is 0 Å². The number of benzene rings is 2. The van der Waals surface area contributed by atoms with E-state index in [0.717, 1.165) is 29.8 Å². The van der Waals surface area contributed by atoms with E-state index in [9.17, 15) is 5.26 Å². The molecule has 1 atom stereocenters. The number of rotatable bonds is 3. The van der Waals surface area contributed by atoms with Crippen LogP contribution in [-0.2, 0) is 12.0 Å². The number of hydrogen-bond donors (Lipinski definition) is 1.